The average molecular weight is 294 g/mol. The number of hydrogen-bond acceptors (Lipinski definition) is 3. The molecule has 2 aromatic carbocycles. The van der Waals surface area contributed by atoms with Crippen LogP contribution < -0.4 is 5.11 Å². The molecule has 3 rings (SSSR count). The molecule has 112 valence electrons. The van der Waals surface area contributed by atoms with Crippen molar-refractivity contribution in [2.75, 3.05) is 0 Å². The molecule has 1 amide bonds. The second-order valence-corrected chi connectivity index (χ2v) is 5.61. The van der Waals surface area contributed by atoms with Gasteiger partial charge >= 0.3 is 0 Å². The number of rotatable bonds is 2. The molecule has 0 bridgehead atoms. The van der Waals surface area contributed by atoms with Crippen molar-refractivity contribution >= 4 is 11.9 Å². The maximum atomic E-state index is 12.7. The largest absolute Gasteiger partial charge is 0.548 e. The number of aliphatic carboxylic acids is 1. The zero-order valence-electron chi connectivity index (χ0n) is 12.3. The molecule has 22 heavy (non-hydrogen) atoms. The van der Waals surface area contributed by atoms with Gasteiger partial charge in [0, 0.05) is 12.1 Å². The molecular formula is C18H16NO3-. The summed E-state index contributed by atoms with van der Waals surface area (Å²) in [4.78, 5) is 25.5. The second kappa shape index (κ2) is 5.64. The van der Waals surface area contributed by atoms with Crippen molar-refractivity contribution in [3.63, 3.8) is 0 Å². The van der Waals surface area contributed by atoms with Gasteiger partial charge < -0.3 is 14.8 Å². The van der Waals surface area contributed by atoms with E-state index in [4.69, 9.17) is 0 Å². The maximum Gasteiger partial charge on any atom is 0.254 e. The van der Waals surface area contributed by atoms with Gasteiger partial charge in [0.2, 0.25) is 0 Å². The fourth-order valence-electron chi connectivity index (χ4n) is 2.81. The van der Waals surface area contributed by atoms with Crippen LogP contribution in [-0.4, -0.2) is 22.8 Å². The van der Waals surface area contributed by atoms with E-state index >= 15 is 0 Å². The predicted molar refractivity (Wildman–Crippen MR) is 80.0 cm³/mol. The molecule has 0 spiro atoms. The fourth-order valence-corrected chi connectivity index (χ4v) is 2.81. The van der Waals surface area contributed by atoms with Crippen molar-refractivity contribution in [1.82, 2.24) is 4.90 Å². The third-order valence-corrected chi connectivity index (χ3v) is 4.08. The Morgan fingerprint density at radius 3 is 2.32 bits per heavy atom. The molecule has 0 saturated heterocycles. The monoisotopic (exact) mass is 294 g/mol. The molecule has 0 aliphatic carbocycles. The van der Waals surface area contributed by atoms with Crippen molar-refractivity contribution in [3.8, 4) is 0 Å². The summed E-state index contributed by atoms with van der Waals surface area (Å²) in [5.41, 5.74) is 3.50. The standard InChI is InChI=1S/C18H17NO3/c1-12-6-8-13(9-7-12)17(20)19-11-15-5-3-2-4-14(15)10-16(19)18(21)22/h2-9,16H,10-11H2,1H3,(H,21,22)/p-1. The van der Waals surface area contributed by atoms with E-state index in [0.29, 0.717) is 12.1 Å². The van der Waals surface area contributed by atoms with Gasteiger partial charge in [-0.2, -0.15) is 0 Å². The first-order valence-corrected chi connectivity index (χ1v) is 7.21. The minimum atomic E-state index is -1.21. The lowest BCUT2D eigenvalue weighted by Crippen LogP contribution is -2.53. The number of carboxylic acid groups (broad SMARTS) is 1. The summed E-state index contributed by atoms with van der Waals surface area (Å²) in [5, 5.41) is 11.5. The van der Waals surface area contributed by atoms with Crippen LogP contribution in [0, 0.1) is 6.92 Å². The Kier molecular flexibility index (Phi) is 3.67. The third kappa shape index (κ3) is 2.60. The first kappa shape index (κ1) is 14.3. The van der Waals surface area contributed by atoms with E-state index in [-0.39, 0.29) is 12.3 Å². The highest BCUT2D eigenvalue weighted by molar-refractivity contribution is 5.96. The molecular weight excluding hydrogens is 278 g/mol. The smallest absolute Gasteiger partial charge is 0.254 e. The fraction of sp³-hybridized carbons (Fsp3) is 0.222. The SMILES string of the molecule is Cc1ccc(C(=O)N2Cc3ccccc3CC2C(=O)[O-])cc1. The molecule has 0 saturated carbocycles. The summed E-state index contributed by atoms with van der Waals surface area (Å²) in [6, 6.07) is 13.8. The second-order valence-electron chi connectivity index (χ2n) is 5.61. The molecule has 0 radical (unpaired) electrons. The number of nitrogens with zero attached hydrogens (tertiary/aromatic N) is 1. The lowest BCUT2D eigenvalue weighted by molar-refractivity contribution is -0.311. The van der Waals surface area contributed by atoms with Gasteiger partial charge in [-0.25, -0.2) is 0 Å². The van der Waals surface area contributed by atoms with Gasteiger partial charge in [-0.1, -0.05) is 42.0 Å². The van der Waals surface area contributed by atoms with Crippen LogP contribution in [0.1, 0.15) is 27.0 Å². The van der Waals surface area contributed by atoms with Gasteiger partial charge in [0.15, 0.2) is 0 Å². The van der Waals surface area contributed by atoms with E-state index in [0.717, 1.165) is 16.7 Å². The molecule has 1 atom stereocenters. The van der Waals surface area contributed by atoms with Crippen molar-refractivity contribution in [2.24, 2.45) is 0 Å². The Morgan fingerprint density at radius 2 is 1.68 bits per heavy atom. The van der Waals surface area contributed by atoms with Crippen molar-refractivity contribution in [1.29, 1.82) is 0 Å². The summed E-state index contributed by atoms with van der Waals surface area (Å²) < 4.78 is 0. The number of amides is 1. The first-order chi connectivity index (χ1) is 10.6. The minimum Gasteiger partial charge on any atom is -0.548 e. The lowest BCUT2D eigenvalue weighted by atomic mass is 9.93. The molecule has 0 N–H and O–H groups in total. The van der Waals surface area contributed by atoms with E-state index in [1.807, 2.05) is 43.3 Å². The highest BCUT2D eigenvalue weighted by Crippen LogP contribution is 2.24. The molecule has 2 aromatic rings. The Balaban J connectivity index is 1.95. The molecule has 0 aromatic heterocycles. The number of aryl methyl sites for hydroxylation is 1. The summed E-state index contributed by atoms with van der Waals surface area (Å²) in [5.74, 6) is -1.49. The van der Waals surface area contributed by atoms with Gasteiger partial charge in [0.05, 0.1) is 12.0 Å². The average Bonchev–Trinajstić information content (AvgIpc) is 2.53. The third-order valence-electron chi connectivity index (χ3n) is 4.08. The topological polar surface area (TPSA) is 60.4 Å². The van der Waals surface area contributed by atoms with E-state index in [1.165, 1.54) is 4.90 Å². The normalized spacial score (nSPS) is 17.0. The quantitative estimate of drug-likeness (QED) is 0.839. The number of carboxylic acids is 1. The Labute approximate surface area is 129 Å². The van der Waals surface area contributed by atoms with Gasteiger partial charge in [0.1, 0.15) is 0 Å². The molecule has 0 fully saturated rings. The Hall–Kier alpha value is -2.62. The summed E-state index contributed by atoms with van der Waals surface area (Å²) in [6.45, 7) is 2.23. The van der Waals surface area contributed by atoms with Gasteiger partial charge in [-0.3, -0.25) is 4.79 Å². The van der Waals surface area contributed by atoms with Crippen LogP contribution in [0.25, 0.3) is 0 Å². The zero-order chi connectivity index (χ0) is 15.7. The summed E-state index contributed by atoms with van der Waals surface area (Å²) in [6.07, 6.45) is 0.288. The summed E-state index contributed by atoms with van der Waals surface area (Å²) >= 11 is 0. The van der Waals surface area contributed by atoms with Crippen molar-refractivity contribution in [2.45, 2.75) is 25.9 Å². The van der Waals surface area contributed by atoms with Crippen molar-refractivity contribution in [3.05, 3.63) is 70.8 Å². The molecule has 1 unspecified atom stereocenters. The van der Waals surface area contributed by atoms with Gasteiger partial charge in [-0.15, -0.1) is 0 Å². The number of hydrogen-bond donors (Lipinski definition) is 0. The molecule has 1 heterocycles. The molecule has 4 heteroatoms. The van der Waals surface area contributed by atoms with Crippen LogP contribution in [0.4, 0.5) is 0 Å². The molecule has 1 aliphatic rings. The van der Waals surface area contributed by atoms with Crippen LogP contribution in [0.15, 0.2) is 48.5 Å². The van der Waals surface area contributed by atoms with Crippen molar-refractivity contribution < 1.29 is 14.7 Å². The Bertz CT molecular complexity index is 721. The van der Waals surface area contributed by atoms with Crippen LogP contribution >= 0.6 is 0 Å². The van der Waals surface area contributed by atoms with Crippen LogP contribution in [0.2, 0.25) is 0 Å². The highest BCUT2D eigenvalue weighted by Gasteiger charge is 2.30. The molecule has 1 aliphatic heterocycles. The van der Waals surface area contributed by atoms with Gasteiger partial charge in [-0.05, 0) is 36.6 Å². The van der Waals surface area contributed by atoms with Crippen LogP contribution in [0.5, 0.6) is 0 Å². The minimum absolute atomic E-state index is 0.274. The van der Waals surface area contributed by atoms with E-state index in [9.17, 15) is 14.7 Å². The van der Waals surface area contributed by atoms with Gasteiger partial charge in [0.25, 0.3) is 5.91 Å². The van der Waals surface area contributed by atoms with E-state index < -0.39 is 12.0 Å². The first-order valence-electron chi connectivity index (χ1n) is 7.21. The number of fused-ring (bicyclic) bond motifs is 1. The lowest BCUT2D eigenvalue weighted by Gasteiger charge is -2.37. The highest BCUT2D eigenvalue weighted by atomic mass is 16.4. The number of benzene rings is 2. The van der Waals surface area contributed by atoms with Crippen LogP contribution in [0.3, 0.4) is 0 Å². The number of carbonyl (C=O) groups excluding carboxylic acids is 2. The number of carbonyl (C=O) groups is 2. The summed E-state index contributed by atoms with van der Waals surface area (Å²) in [7, 11) is 0. The Morgan fingerprint density at radius 1 is 1.05 bits per heavy atom. The van der Waals surface area contributed by atoms with E-state index in [2.05, 4.69) is 0 Å². The van der Waals surface area contributed by atoms with E-state index in [1.54, 1.807) is 12.1 Å². The maximum absolute atomic E-state index is 12.7. The predicted octanol–water partition coefficient (Wildman–Crippen LogP) is 1.31. The van der Waals surface area contributed by atoms with Crippen LogP contribution in [-0.2, 0) is 17.8 Å². The zero-order valence-corrected chi connectivity index (χ0v) is 12.3. The molecule has 4 nitrogen and oxygen atoms in total.